The van der Waals surface area contributed by atoms with Crippen LogP contribution in [0.3, 0.4) is 0 Å². The van der Waals surface area contributed by atoms with Gasteiger partial charge in [0.15, 0.2) is 0 Å². The molecule has 2 rings (SSSR count). The zero-order valence-corrected chi connectivity index (χ0v) is 22.5. The van der Waals surface area contributed by atoms with Gasteiger partial charge in [-0.15, -0.1) is 0 Å². The molecular weight excluding hydrogens is 530 g/mol. The highest BCUT2D eigenvalue weighted by atomic mass is 79.9. The Bertz CT molecular complexity index is 1080. The van der Waals surface area contributed by atoms with Crippen molar-refractivity contribution in [3.8, 4) is 0 Å². The van der Waals surface area contributed by atoms with Gasteiger partial charge in [-0.3, -0.25) is 13.9 Å². The number of amides is 2. The fraction of sp³-hybridized carbons (Fsp3) is 0.391. The third kappa shape index (κ3) is 8.32. The Hall–Kier alpha value is -2.10. The van der Waals surface area contributed by atoms with Crippen LogP contribution in [0.4, 0.5) is 5.69 Å². The molecule has 180 valence electrons. The number of anilines is 1. The van der Waals surface area contributed by atoms with Crippen molar-refractivity contribution in [3.05, 3.63) is 63.6 Å². The third-order valence-corrected chi connectivity index (χ3v) is 6.65. The molecule has 0 aliphatic heterocycles. The number of carbonyl (C=O) groups is 2. The van der Waals surface area contributed by atoms with Gasteiger partial charge in [-0.25, -0.2) is 8.42 Å². The molecule has 0 heterocycles. The molecule has 2 aromatic rings. The van der Waals surface area contributed by atoms with E-state index in [1.54, 1.807) is 55.5 Å². The van der Waals surface area contributed by atoms with E-state index in [0.717, 1.165) is 20.6 Å². The van der Waals surface area contributed by atoms with Crippen LogP contribution < -0.4 is 9.62 Å². The average molecular weight is 559 g/mol. The number of nitrogens with zero attached hydrogens (tertiary/aromatic N) is 2. The zero-order valence-electron chi connectivity index (χ0n) is 19.3. The van der Waals surface area contributed by atoms with Crippen molar-refractivity contribution in [2.75, 3.05) is 17.1 Å². The van der Waals surface area contributed by atoms with Gasteiger partial charge in [-0.05, 0) is 69.7 Å². The van der Waals surface area contributed by atoms with Crippen molar-refractivity contribution in [2.24, 2.45) is 0 Å². The number of sulfonamides is 1. The highest BCUT2D eigenvalue weighted by Gasteiger charge is 2.31. The largest absolute Gasteiger partial charge is 0.350 e. The number of carbonyl (C=O) groups excluding carboxylic acids is 2. The van der Waals surface area contributed by atoms with E-state index in [1.807, 2.05) is 20.8 Å². The lowest BCUT2D eigenvalue weighted by Gasteiger charge is -2.33. The van der Waals surface area contributed by atoms with Gasteiger partial charge in [0.2, 0.25) is 21.8 Å². The number of rotatable bonds is 8. The maximum atomic E-state index is 13.4. The molecule has 1 N–H and O–H groups in total. The normalized spacial score (nSPS) is 12.7. The molecule has 0 aliphatic rings. The van der Waals surface area contributed by atoms with Crippen molar-refractivity contribution in [3.63, 3.8) is 0 Å². The van der Waals surface area contributed by atoms with E-state index in [2.05, 4.69) is 21.2 Å². The minimum atomic E-state index is -3.76. The van der Waals surface area contributed by atoms with Crippen molar-refractivity contribution in [1.29, 1.82) is 0 Å². The lowest BCUT2D eigenvalue weighted by Crippen LogP contribution is -2.54. The molecule has 0 radical (unpaired) electrons. The Morgan fingerprint density at radius 2 is 1.61 bits per heavy atom. The first kappa shape index (κ1) is 27.1. The molecule has 2 amide bonds. The quantitative estimate of drug-likeness (QED) is 0.526. The highest BCUT2D eigenvalue weighted by molar-refractivity contribution is 9.10. The molecule has 0 spiro atoms. The Labute approximate surface area is 209 Å². The molecule has 33 heavy (non-hydrogen) atoms. The van der Waals surface area contributed by atoms with Gasteiger partial charge in [0.25, 0.3) is 0 Å². The third-order valence-electron chi connectivity index (χ3n) is 4.73. The first-order valence-electron chi connectivity index (χ1n) is 10.3. The molecule has 2 aromatic carbocycles. The lowest BCUT2D eigenvalue weighted by atomic mass is 10.1. The van der Waals surface area contributed by atoms with Crippen molar-refractivity contribution in [2.45, 2.75) is 45.8 Å². The summed E-state index contributed by atoms with van der Waals surface area (Å²) in [7, 11) is -3.76. The molecule has 0 bridgehead atoms. The van der Waals surface area contributed by atoms with Crippen LogP contribution in [0.15, 0.2) is 53.0 Å². The number of halogens is 2. The summed E-state index contributed by atoms with van der Waals surface area (Å²) in [6.45, 7) is 6.85. The first-order valence-corrected chi connectivity index (χ1v) is 13.3. The summed E-state index contributed by atoms with van der Waals surface area (Å²) in [5.41, 5.74) is 0.626. The number of hydrogen-bond donors (Lipinski definition) is 1. The molecule has 0 saturated carbocycles. The Kier molecular flexibility index (Phi) is 8.95. The lowest BCUT2D eigenvalue weighted by molar-refractivity contribution is -0.140. The van der Waals surface area contributed by atoms with Crippen LogP contribution in [-0.4, -0.2) is 49.5 Å². The van der Waals surface area contributed by atoms with Crippen LogP contribution in [0.25, 0.3) is 0 Å². The van der Waals surface area contributed by atoms with Gasteiger partial charge >= 0.3 is 0 Å². The van der Waals surface area contributed by atoms with Crippen LogP contribution in [0.5, 0.6) is 0 Å². The van der Waals surface area contributed by atoms with Crippen LogP contribution in [0.1, 0.15) is 33.3 Å². The molecule has 0 fully saturated rings. The Balaban J connectivity index is 2.38. The summed E-state index contributed by atoms with van der Waals surface area (Å²) >= 11 is 9.30. The van der Waals surface area contributed by atoms with Gasteiger partial charge in [-0.2, -0.15) is 0 Å². The standard InChI is InChI=1S/C23H29BrClN3O4S/c1-16(22(30)26-23(2,3)4)27(14-17-6-10-19(25)11-7-17)21(29)15-28(33(5,31)32)20-12-8-18(24)9-13-20/h6-13,16H,14-15H2,1-5H3,(H,26,30)/t16-/m1/s1. The fourth-order valence-electron chi connectivity index (χ4n) is 3.06. The van der Waals surface area contributed by atoms with E-state index in [1.165, 1.54) is 4.90 Å². The predicted octanol–water partition coefficient (Wildman–Crippen LogP) is 4.20. The van der Waals surface area contributed by atoms with Crippen molar-refractivity contribution >= 4 is 55.1 Å². The number of nitrogens with one attached hydrogen (secondary N) is 1. The second kappa shape index (κ2) is 10.9. The average Bonchev–Trinajstić information content (AvgIpc) is 2.69. The van der Waals surface area contributed by atoms with Crippen molar-refractivity contribution in [1.82, 2.24) is 10.2 Å². The fourth-order valence-corrected chi connectivity index (χ4v) is 4.30. The van der Waals surface area contributed by atoms with Crippen LogP contribution >= 0.6 is 27.5 Å². The van der Waals surface area contributed by atoms with Crippen LogP contribution in [0.2, 0.25) is 5.02 Å². The smallest absolute Gasteiger partial charge is 0.244 e. The molecule has 7 nitrogen and oxygen atoms in total. The van der Waals surface area contributed by atoms with Gasteiger partial charge in [0, 0.05) is 21.6 Å². The summed E-state index contributed by atoms with van der Waals surface area (Å²) in [6.07, 6.45) is 1.04. The summed E-state index contributed by atoms with van der Waals surface area (Å²) < 4.78 is 26.8. The van der Waals surface area contributed by atoms with E-state index in [-0.39, 0.29) is 12.5 Å². The van der Waals surface area contributed by atoms with Crippen LogP contribution in [0, 0.1) is 0 Å². The predicted molar refractivity (Wildman–Crippen MR) is 136 cm³/mol. The molecule has 1 atom stereocenters. The van der Waals surface area contributed by atoms with E-state index in [9.17, 15) is 18.0 Å². The Morgan fingerprint density at radius 3 is 2.09 bits per heavy atom. The van der Waals surface area contributed by atoms with E-state index in [0.29, 0.717) is 10.7 Å². The summed E-state index contributed by atoms with van der Waals surface area (Å²) in [6, 6.07) is 12.7. The highest BCUT2D eigenvalue weighted by Crippen LogP contribution is 2.22. The van der Waals surface area contributed by atoms with Crippen LogP contribution in [-0.2, 0) is 26.2 Å². The SMILES string of the molecule is C[C@H](C(=O)NC(C)(C)C)N(Cc1ccc(Cl)cc1)C(=O)CN(c1ccc(Br)cc1)S(C)(=O)=O. The van der Waals surface area contributed by atoms with Gasteiger partial charge in [-0.1, -0.05) is 39.7 Å². The van der Waals surface area contributed by atoms with E-state index < -0.39 is 34.1 Å². The molecular formula is C23H29BrClN3O4S. The number of benzene rings is 2. The maximum absolute atomic E-state index is 13.4. The summed E-state index contributed by atoms with van der Waals surface area (Å²) in [5, 5.41) is 3.43. The van der Waals surface area contributed by atoms with Gasteiger partial charge < -0.3 is 10.2 Å². The summed E-state index contributed by atoms with van der Waals surface area (Å²) in [4.78, 5) is 27.7. The second-order valence-electron chi connectivity index (χ2n) is 8.81. The molecule has 10 heteroatoms. The van der Waals surface area contributed by atoms with E-state index >= 15 is 0 Å². The second-order valence-corrected chi connectivity index (χ2v) is 12.1. The summed E-state index contributed by atoms with van der Waals surface area (Å²) in [5.74, 6) is -0.839. The van der Waals surface area contributed by atoms with E-state index in [4.69, 9.17) is 11.6 Å². The van der Waals surface area contributed by atoms with Crippen molar-refractivity contribution < 1.29 is 18.0 Å². The maximum Gasteiger partial charge on any atom is 0.244 e. The van der Waals surface area contributed by atoms with Gasteiger partial charge in [0.1, 0.15) is 12.6 Å². The molecule has 0 saturated heterocycles. The first-order chi connectivity index (χ1) is 15.2. The molecule has 0 aliphatic carbocycles. The topological polar surface area (TPSA) is 86.8 Å². The zero-order chi connectivity index (χ0) is 25.0. The van der Waals surface area contributed by atoms with Gasteiger partial charge in [0.05, 0.1) is 11.9 Å². The molecule has 0 unspecified atom stereocenters. The molecule has 0 aromatic heterocycles. The minimum Gasteiger partial charge on any atom is -0.350 e. The number of hydrogen-bond acceptors (Lipinski definition) is 4. The minimum absolute atomic E-state index is 0.118. The monoisotopic (exact) mass is 557 g/mol. The Morgan fingerprint density at radius 1 is 1.06 bits per heavy atom.